The molecule has 2 heterocycles. The number of aromatic nitrogens is 2. The van der Waals surface area contributed by atoms with Gasteiger partial charge in [-0.05, 0) is 24.7 Å². The van der Waals surface area contributed by atoms with Gasteiger partial charge in [-0.1, -0.05) is 23.7 Å². The average Bonchev–Trinajstić information content (AvgIpc) is 2.68. The van der Waals surface area contributed by atoms with Crippen molar-refractivity contribution in [2.45, 2.75) is 12.1 Å². The molecule has 1 atom stereocenters. The third-order valence-corrected chi connectivity index (χ3v) is 4.99. The van der Waals surface area contributed by atoms with Gasteiger partial charge >= 0.3 is 6.09 Å². The third-order valence-electron chi connectivity index (χ3n) is 4.76. The van der Waals surface area contributed by atoms with E-state index in [1.165, 1.54) is 4.90 Å². The van der Waals surface area contributed by atoms with Gasteiger partial charge in [0.25, 0.3) is 0 Å². The summed E-state index contributed by atoms with van der Waals surface area (Å²) in [4.78, 5) is 34.7. The van der Waals surface area contributed by atoms with Crippen LogP contribution < -0.4 is 10.2 Å². The molecule has 1 aromatic heterocycles. The normalized spacial score (nSPS) is 19.8. The summed E-state index contributed by atoms with van der Waals surface area (Å²) in [6.45, 7) is 0.944. The highest BCUT2D eigenvalue weighted by Crippen LogP contribution is 2.26. The van der Waals surface area contributed by atoms with E-state index < -0.39 is 11.8 Å². The number of anilines is 1. The van der Waals surface area contributed by atoms with Crippen molar-refractivity contribution in [3.05, 3.63) is 41.7 Å². The van der Waals surface area contributed by atoms with Crippen molar-refractivity contribution in [2.75, 3.05) is 31.6 Å². The molecule has 2 aromatic rings. The van der Waals surface area contributed by atoms with Gasteiger partial charge < -0.3 is 14.8 Å². The molecule has 8 nitrogen and oxygen atoms in total. The first-order chi connectivity index (χ1) is 13.0. The number of hydrogen-bond donors (Lipinski definition) is 2. The summed E-state index contributed by atoms with van der Waals surface area (Å²) < 4.78 is 0. The predicted molar refractivity (Wildman–Crippen MR) is 102 cm³/mol. The maximum Gasteiger partial charge on any atom is 0.408 e. The van der Waals surface area contributed by atoms with Gasteiger partial charge in [0.15, 0.2) is 0 Å². The highest BCUT2D eigenvalue weighted by Gasteiger charge is 2.43. The first-order valence-corrected chi connectivity index (χ1v) is 8.83. The Morgan fingerprint density at radius 3 is 2.67 bits per heavy atom. The lowest BCUT2D eigenvalue weighted by molar-refractivity contribution is -0.110. The maximum absolute atomic E-state index is 11.6. The highest BCUT2D eigenvalue weighted by molar-refractivity contribution is 6.30. The topological polar surface area (TPSA) is 98.7 Å². The molecule has 9 heteroatoms. The van der Waals surface area contributed by atoms with E-state index >= 15 is 0 Å². The Bertz CT molecular complexity index is 832. The van der Waals surface area contributed by atoms with Gasteiger partial charge in [-0.15, -0.1) is 0 Å². The lowest BCUT2D eigenvalue weighted by atomic mass is 10.0. The molecule has 142 valence electrons. The molecule has 1 aromatic carbocycles. The van der Waals surface area contributed by atoms with Gasteiger partial charge in [0.1, 0.15) is 11.9 Å². The molecule has 1 amide bonds. The molecule has 27 heavy (non-hydrogen) atoms. The quantitative estimate of drug-likeness (QED) is 0.755. The SMILES string of the molecule is CNC1(CC=O)CN(c2ncc(-c3cccc(Cl)c3)cn2)CCN1C(=O)O. The van der Waals surface area contributed by atoms with Gasteiger partial charge in [-0.3, -0.25) is 10.2 Å². The summed E-state index contributed by atoms with van der Waals surface area (Å²) in [5.74, 6) is 0.483. The van der Waals surface area contributed by atoms with Crippen LogP contribution in [0.3, 0.4) is 0 Å². The van der Waals surface area contributed by atoms with Crippen molar-refractivity contribution < 1.29 is 14.7 Å². The van der Waals surface area contributed by atoms with Crippen LogP contribution in [0, 0.1) is 0 Å². The summed E-state index contributed by atoms with van der Waals surface area (Å²) >= 11 is 6.03. The minimum Gasteiger partial charge on any atom is -0.465 e. The van der Waals surface area contributed by atoms with Crippen LogP contribution in [-0.4, -0.2) is 64.7 Å². The van der Waals surface area contributed by atoms with E-state index in [0.717, 1.165) is 17.4 Å². The standard InChI is InChI=1S/C18H20ClN5O3/c1-20-18(5-8-25)12-23(6-7-24(18)17(26)27)16-21-10-14(11-22-16)13-3-2-4-15(19)9-13/h2-4,8-11,20H,5-7,12H2,1H3,(H,26,27). The van der Waals surface area contributed by atoms with Crippen LogP contribution >= 0.6 is 11.6 Å². The number of nitrogens with zero attached hydrogens (tertiary/aromatic N) is 4. The van der Waals surface area contributed by atoms with Crippen LogP contribution in [0.25, 0.3) is 11.1 Å². The molecule has 0 radical (unpaired) electrons. The largest absolute Gasteiger partial charge is 0.465 e. The zero-order chi connectivity index (χ0) is 19.4. The number of rotatable bonds is 5. The summed E-state index contributed by atoms with van der Waals surface area (Å²) in [6, 6.07) is 7.41. The van der Waals surface area contributed by atoms with Crippen molar-refractivity contribution in [3.63, 3.8) is 0 Å². The number of nitrogens with one attached hydrogen (secondary N) is 1. The van der Waals surface area contributed by atoms with Gasteiger partial charge in [0.2, 0.25) is 5.95 Å². The molecule has 1 saturated heterocycles. The van der Waals surface area contributed by atoms with E-state index in [0.29, 0.717) is 17.5 Å². The maximum atomic E-state index is 11.6. The lowest BCUT2D eigenvalue weighted by Crippen LogP contribution is -2.70. The number of benzene rings is 1. The van der Waals surface area contributed by atoms with E-state index in [4.69, 9.17) is 11.6 Å². The molecule has 0 saturated carbocycles. The summed E-state index contributed by atoms with van der Waals surface area (Å²) in [6.07, 6.45) is 3.10. The minimum atomic E-state index is -1.07. The summed E-state index contributed by atoms with van der Waals surface area (Å²) in [5.41, 5.74) is 0.731. The first kappa shape index (κ1) is 19.1. The predicted octanol–water partition coefficient (Wildman–Crippen LogP) is 2.10. The van der Waals surface area contributed by atoms with E-state index in [2.05, 4.69) is 15.3 Å². The second-order valence-corrected chi connectivity index (χ2v) is 6.73. The fourth-order valence-corrected chi connectivity index (χ4v) is 3.48. The van der Waals surface area contributed by atoms with Gasteiger partial charge in [0, 0.05) is 42.5 Å². The van der Waals surface area contributed by atoms with Crippen LogP contribution in [0.2, 0.25) is 5.02 Å². The molecule has 1 fully saturated rings. The fraction of sp³-hybridized carbons (Fsp3) is 0.333. The minimum absolute atomic E-state index is 0.0346. The Labute approximate surface area is 161 Å². The highest BCUT2D eigenvalue weighted by atomic mass is 35.5. The molecule has 3 rings (SSSR count). The van der Waals surface area contributed by atoms with Crippen molar-refractivity contribution in [3.8, 4) is 11.1 Å². The average molecular weight is 390 g/mol. The number of halogens is 1. The number of carbonyl (C=O) groups excluding carboxylic acids is 1. The number of amides is 1. The molecule has 1 aliphatic heterocycles. The zero-order valence-corrected chi connectivity index (χ0v) is 15.6. The van der Waals surface area contributed by atoms with E-state index in [1.54, 1.807) is 25.5 Å². The Balaban J connectivity index is 1.84. The van der Waals surface area contributed by atoms with Crippen LogP contribution in [0.4, 0.5) is 10.7 Å². The summed E-state index contributed by atoms with van der Waals surface area (Å²) in [5, 5.41) is 13.1. The Morgan fingerprint density at radius 1 is 1.33 bits per heavy atom. The van der Waals surface area contributed by atoms with E-state index in [-0.39, 0.29) is 19.5 Å². The molecule has 0 bridgehead atoms. The number of carbonyl (C=O) groups is 2. The fourth-order valence-electron chi connectivity index (χ4n) is 3.29. The number of piperazine rings is 1. The molecule has 0 spiro atoms. The zero-order valence-electron chi connectivity index (χ0n) is 14.8. The molecular formula is C18H20ClN5O3. The van der Waals surface area contributed by atoms with Crippen LogP contribution in [0.5, 0.6) is 0 Å². The van der Waals surface area contributed by atoms with Crippen molar-refractivity contribution in [1.82, 2.24) is 20.2 Å². The van der Waals surface area contributed by atoms with Crippen LogP contribution in [-0.2, 0) is 4.79 Å². The number of aldehydes is 1. The molecule has 1 aliphatic rings. The van der Waals surface area contributed by atoms with Crippen molar-refractivity contribution in [2.24, 2.45) is 0 Å². The second-order valence-electron chi connectivity index (χ2n) is 6.29. The van der Waals surface area contributed by atoms with Gasteiger partial charge in [0.05, 0.1) is 6.54 Å². The molecule has 1 unspecified atom stereocenters. The third kappa shape index (κ3) is 3.86. The number of hydrogen-bond acceptors (Lipinski definition) is 6. The lowest BCUT2D eigenvalue weighted by Gasteiger charge is -2.48. The Hall–Kier alpha value is -2.71. The Kier molecular flexibility index (Phi) is 5.57. The smallest absolute Gasteiger partial charge is 0.408 e. The van der Waals surface area contributed by atoms with E-state index in [9.17, 15) is 14.7 Å². The molecular weight excluding hydrogens is 370 g/mol. The number of likely N-dealkylation sites (N-methyl/N-ethyl adjacent to an activating group) is 1. The second kappa shape index (κ2) is 7.89. The molecule has 0 aliphatic carbocycles. The van der Waals surface area contributed by atoms with Crippen LogP contribution in [0.15, 0.2) is 36.7 Å². The summed E-state index contributed by atoms with van der Waals surface area (Å²) in [7, 11) is 1.64. The molecule has 2 N–H and O–H groups in total. The first-order valence-electron chi connectivity index (χ1n) is 8.45. The monoisotopic (exact) mass is 389 g/mol. The van der Waals surface area contributed by atoms with Gasteiger partial charge in [-0.25, -0.2) is 14.8 Å². The van der Waals surface area contributed by atoms with Crippen molar-refractivity contribution in [1.29, 1.82) is 0 Å². The van der Waals surface area contributed by atoms with E-state index in [1.807, 2.05) is 23.1 Å². The van der Waals surface area contributed by atoms with Gasteiger partial charge in [-0.2, -0.15) is 0 Å². The van der Waals surface area contributed by atoms with Crippen molar-refractivity contribution >= 4 is 29.9 Å². The Morgan fingerprint density at radius 2 is 2.07 bits per heavy atom. The van der Waals surface area contributed by atoms with Crippen LogP contribution in [0.1, 0.15) is 6.42 Å². The number of carboxylic acid groups (broad SMARTS) is 1.